The summed E-state index contributed by atoms with van der Waals surface area (Å²) < 4.78 is 5.53. The van der Waals surface area contributed by atoms with Crippen molar-refractivity contribution in [1.29, 1.82) is 0 Å². The molecular formula is C13H21N3O2. The molecule has 1 aliphatic carbocycles. The van der Waals surface area contributed by atoms with E-state index in [0.717, 1.165) is 25.2 Å². The second-order valence-corrected chi connectivity index (χ2v) is 5.13. The summed E-state index contributed by atoms with van der Waals surface area (Å²) in [5, 5.41) is 12.5. The van der Waals surface area contributed by atoms with Crippen molar-refractivity contribution >= 4 is 11.5 Å². The third-order valence-electron chi connectivity index (χ3n) is 3.02. The average molecular weight is 251 g/mol. The fraction of sp³-hybridized carbons (Fsp3) is 0.615. The maximum atomic E-state index is 9.22. The van der Waals surface area contributed by atoms with Gasteiger partial charge in [0, 0.05) is 6.54 Å². The van der Waals surface area contributed by atoms with Crippen LogP contribution >= 0.6 is 0 Å². The van der Waals surface area contributed by atoms with Crippen molar-refractivity contribution in [2.24, 2.45) is 5.92 Å². The van der Waals surface area contributed by atoms with Gasteiger partial charge in [0.15, 0.2) is 0 Å². The fourth-order valence-electron chi connectivity index (χ4n) is 1.98. The number of aliphatic hydroxyl groups is 1. The van der Waals surface area contributed by atoms with Crippen LogP contribution in [0.3, 0.4) is 0 Å². The third-order valence-corrected chi connectivity index (χ3v) is 3.02. The first-order valence-electron chi connectivity index (χ1n) is 6.39. The number of nitrogens with two attached hydrogens (primary N) is 1. The molecule has 0 radical (unpaired) electrons. The van der Waals surface area contributed by atoms with Gasteiger partial charge in [-0.15, -0.1) is 0 Å². The number of nitrogen functional groups attached to an aromatic ring is 1. The Kier molecular flexibility index (Phi) is 3.91. The summed E-state index contributed by atoms with van der Waals surface area (Å²) in [7, 11) is 0. The SMILES string of the molecule is CC(C)Oc1nc(NCC2CC(O)C2)ccc1N. The van der Waals surface area contributed by atoms with E-state index >= 15 is 0 Å². The number of hydrogen-bond donors (Lipinski definition) is 3. The number of ether oxygens (including phenoxy) is 1. The van der Waals surface area contributed by atoms with E-state index in [1.807, 2.05) is 19.9 Å². The van der Waals surface area contributed by atoms with Crippen molar-refractivity contribution in [3.05, 3.63) is 12.1 Å². The van der Waals surface area contributed by atoms with E-state index in [4.69, 9.17) is 10.5 Å². The van der Waals surface area contributed by atoms with E-state index in [9.17, 15) is 5.11 Å². The van der Waals surface area contributed by atoms with E-state index in [2.05, 4.69) is 10.3 Å². The van der Waals surface area contributed by atoms with Crippen LogP contribution in [0.25, 0.3) is 0 Å². The number of hydrogen-bond acceptors (Lipinski definition) is 5. The van der Waals surface area contributed by atoms with Gasteiger partial charge in [-0.25, -0.2) is 0 Å². The Balaban J connectivity index is 1.92. The molecule has 0 aromatic carbocycles. The van der Waals surface area contributed by atoms with Crippen LogP contribution in [0.1, 0.15) is 26.7 Å². The number of rotatable bonds is 5. The highest BCUT2D eigenvalue weighted by Gasteiger charge is 2.26. The van der Waals surface area contributed by atoms with Gasteiger partial charge in [-0.1, -0.05) is 0 Å². The van der Waals surface area contributed by atoms with Crippen LogP contribution in [0.2, 0.25) is 0 Å². The Labute approximate surface area is 107 Å². The number of pyridine rings is 1. The summed E-state index contributed by atoms with van der Waals surface area (Å²) in [6.45, 7) is 4.71. The molecule has 1 aliphatic rings. The smallest absolute Gasteiger partial charge is 0.239 e. The van der Waals surface area contributed by atoms with Crippen LogP contribution in [0.15, 0.2) is 12.1 Å². The lowest BCUT2D eigenvalue weighted by Crippen LogP contribution is -2.33. The van der Waals surface area contributed by atoms with Crippen LogP contribution in [-0.2, 0) is 0 Å². The van der Waals surface area contributed by atoms with E-state index in [-0.39, 0.29) is 12.2 Å². The highest BCUT2D eigenvalue weighted by Crippen LogP contribution is 2.28. The molecule has 1 fully saturated rings. The summed E-state index contributed by atoms with van der Waals surface area (Å²) in [6, 6.07) is 3.64. The Hall–Kier alpha value is -1.49. The molecule has 18 heavy (non-hydrogen) atoms. The zero-order chi connectivity index (χ0) is 13.1. The van der Waals surface area contributed by atoms with Crippen LogP contribution in [-0.4, -0.2) is 28.8 Å². The number of nitrogens with one attached hydrogen (secondary N) is 1. The van der Waals surface area contributed by atoms with Gasteiger partial charge in [0.1, 0.15) is 5.82 Å². The topological polar surface area (TPSA) is 80.4 Å². The molecular weight excluding hydrogens is 230 g/mol. The Morgan fingerprint density at radius 1 is 1.50 bits per heavy atom. The molecule has 5 nitrogen and oxygen atoms in total. The molecule has 4 N–H and O–H groups in total. The second kappa shape index (κ2) is 5.44. The molecule has 0 amide bonds. The fourth-order valence-corrected chi connectivity index (χ4v) is 1.98. The maximum absolute atomic E-state index is 9.22. The van der Waals surface area contributed by atoms with E-state index < -0.39 is 0 Å². The predicted molar refractivity (Wildman–Crippen MR) is 71.6 cm³/mol. The number of aliphatic hydroxyl groups excluding tert-OH is 1. The number of anilines is 2. The van der Waals surface area contributed by atoms with Gasteiger partial charge >= 0.3 is 0 Å². The van der Waals surface area contributed by atoms with Gasteiger partial charge in [-0.05, 0) is 44.7 Å². The zero-order valence-electron chi connectivity index (χ0n) is 10.9. The standard InChI is InChI=1S/C13H21N3O2/c1-8(2)18-13-11(14)3-4-12(16-13)15-7-9-5-10(17)6-9/h3-4,8-10,17H,5-7,14H2,1-2H3,(H,15,16). The first kappa shape index (κ1) is 13.0. The quantitative estimate of drug-likeness (QED) is 0.741. The summed E-state index contributed by atoms with van der Waals surface area (Å²) in [4.78, 5) is 4.34. The van der Waals surface area contributed by atoms with Crippen LogP contribution < -0.4 is 15.8 Å². The van der Waals surface area contributed by atoms with Crippen LogP contribution in [0.5, 0.6) is 5.88 Å². The molecule has 0 atom stereocenters. The van der Waals surface area contributed by atoms with Crippen LogP contribution in [0.4, 0.5) is 11.5 Å². The van der Waals surface area contributed by atoms with Gasteiger partial charge in [0.25, 0.3) is 0 Å². The minimum Gasteiger partial charge on any atom is -0.473 e. The second-order valence-electron chi connectivity index (χ2n) is 5.13. The van der Waals surface area contributed by atoms with Crippen molar-refractivity contribution in [2.45, 2.75) is 38.9 Å². The van der Waals surface area contributed by atoms with E-state index in [1.54, 1.807) is 6.07 Å². The minimum absolute atomic E-state index is 0.0526. The number of aromatic nitrogens is 1. The molecule has 1 heterocycles. The van der Waals surface area contributed by atoms with Crippen molar-refractivity contribution < 1.29 is 9.84 Å². The highest BCUT2D eigenvalue weighted by molar-refractivity contribution is 5.53. The van der Waals surface area contributed by atoms with Crippen molar-refractivity contribution in [1.82, 2.24) is 4.98 Å². The van der Waals surface area contributed by atoms with E-state index in [0.29, 0.717) is 17.5 Å². The summed E-state index contributed by atoms with van der Waals surface area (Å²) in [6.07, 6.45) is 1.68. The van der Waals surface area contributed by atoms with E-state index in [1.165, 1.54) is 0 Å². The third kappa shape index (κ3) is 3.26. The first-order chi connectivity index (χ1) is 8.54. The molecule has 5 heteroatoms. The predicted octanol–water partition coefficient (Wildman–Crippen LogP) is 1.63. The molecule has 1 aromatic heterocycles. The van der Waals surface area contributed by atoms with Gasteiger partial charge in [-0.3, -0.25) is 0 Å². The lowest BCUT2D eigenvalue weighted by molar-refractivity contribution is 0.0486. The molecule has 2 rings (SSSR count). The Morgan fingerprint density at radius 2 is 2.22 bits per heavy atom. The molecule has 0 spiro atoms. The monoisotopic (exact) mass is 251 g/mol. The molecule has 0 aliphatic heterocycles. The van der Waals surface area contributed by atoms with Gasteiger partial charge in [0.05, 0.1) is 17.9 Å². The summed E-state index contributed by atoms with van der Waals surface area (Å²) in [5.74, 6) is 1.78. The van der Waals surface area contributed by atoms with Crippen molar-refractivity contribution in [3.8, 4) is 5.88 Å². The average Bonchev–Trinajstić information content (AvgIpc) is 2.26. The molecule has 0 saturated heterocycles. The number of nitrogens with zero attached hydrogens (tertiary/aromatic N) is 1. The largest absolute Gasteiger partial charge is 0.473 e. The first-order valence-corrected chi connectivity index (χ1v) is 6.39. The molecule has 0 bridgehead atoms. The Bertz CT molecular complexity index is 403. The molecule has 100 valence electrons. The lowest BCUT2D eigenvalue weighted by Gasteiger charge is -2.31. The van der Waals surface area contributed by atoms with Gasteiger partial charge in [0.2, 0.25) is 5.88 Å². The normalized spacial score (nSPS) is 22.7. The van der Waals surface area contributed by atoms with Crippen molar-refractivity contribution in [3.63, 3.8) is 0 Å². The molecule has 1 saturated carbocycles. The Morgan fingerprint density at radius 3 is 2.83 bits per heavy atom. The zero-order valence-corrected chi connectivity index (χ0v) is 10.9. The molecule has 0 unspecified atom stereocenters. The summed E-state index contributed by atoms with van der Waals surface area (Å²) >= 11 is 0. The highest BCUT2D eigenvalue weighted by atomic mass is 16.5. The van der Waals surface area contributed by atoms with Crippen LogP contribution in [0, 0.1) is 5.92 Å². The van der Waals surface area contributed by atoms with Crippen molar-refractivity contribution in [2.75, 3.05) is 17.6 Å². The summed E-state index contributed by atoms with van der Waals surface area (Å²) in [5.41, 5.74) is 6.35. The van der Waals surface area contributed by atoms with Gasteiger partial charge in [-0.2, -0.15) is 4.98 Å². The minimum atomic E-state index is -0.115. The van der Waals surface area contributed by atoms with Gasteiger partial charge < -0.3 is 20.9 Å². The molecule has 1 aromatic rings. The lowest BCUT2D eigenvalue weighted by atomic mass is 9.82. The maximum Gasteiger partial charge on any atom is 0.239 e.